The van der Waals surface area contributed by atoms with Gasteiger partial charge in [0.1, 0.15) is 11.5 Å². The van der Waals surface area contributed by atoms with Crippen LogP contribution < -0.4 is 0 Å². The van der Waals surface area contributed by atoms with Crippen LogP contribution in [0.4, 0.5) is 0 Å². The Kier molecular flexibility index (Phi) is 5.87. The number of halogens is 6. The van der Waals surface area contributed by atoms with Gasteiger partial charge in [0.2, 0.25) is 0 Å². The van der Waals surface area contributed by atoms with Crippen molar-refractivity contribution in [1.29, 1.82) is 0 Å². The van der Waals surface area contributed by atoms with E-state index in [-0.39, 0.29) is 54.5 Å². The van der Waals surface area contributed by atoms with Gasteiger partial charge in [-0.25, -0.2) is 0 Å². The fourth-order valence-electron chi connectivity index (χ4n) is 1.98. The second kappa shape index (κ2) is 7.12. The average Bonchev–Trinajstić information content (AvgIpc) is 2.46. The van der Waals surface area contributed by atoms with E-state index in [0.29, 0.717) is 11.1 Å². The van der Waals surface area contributed by atoms with Crippen LogP contribution in [0.15, 0.2) is 12.1 Å². The summed E-state index contributed by atoms with van der Waals surface area (Å²) >= 11 is 35.8. The normalized spacial score (nSPS) is 11.0. The maximum absolute atomic E-state index is 10.0. The Morgan fingerprint density at radius 3 is 1.23 bits per heavy atom. The first kappa shape index (κ1) is 18.1. The van der Waals surface area contributed by atoms with Crippen molar-refractivity contribution in [3.8, 4) is 11.5 Å². The Balaban J connectivity index is 2.40. The van der Waals surface area contributed by atoms with E-state index in [1.165, 1.54) is 12.1 Å². The van der Waals surface area contributed by atoms with Crippen LogP contribution in [0.3, 0.4) is 0 Å². The number of hydrogen-bond donors (Lipinski definition) is 2. The highest BCUT2D eigenvalue weighted by Crippen LogP contribution is 2.42. The molecule has 2 aromatic rings. The fourth-order valence-corrected chi connectivity index (χ4v) is 3.46. The first-order valence-corrected chi connectivity index (χ1v) is 8.21. The highest BCUT2D eigenvalue weighted by molar-refractivity contribution is 6.45. The molecule has 2 N–H and O–H groups in total. The highest BCUT2D eigenvalue weighted by Gasteiger charge is 2.18. The molecule has 8 heteroatoms. The quantitative estimate of drug-likeness (QED) is 0.536. The van der Waals surface area contributed by atoms with Gasteiger partial charge >= 0.3 is 0 Å². The van der Waals surface area contributed by atoms with E-state index in [0.717, 1.165) is 0 Å². The van der Waals surface area contributed by atoms with Gasteiger partial charge in [-0.1, -0.05) is 69.6 Å². The maximum Gasteiger partial charge on any atom is 0.138 e. The van der Waals surface area contributed by atoms with E-state index in [2.05, 4.69) is 0 Å². The molecule has 0 heterocycles. The number of benzene rings is 2. The second-order valence-electron chi connectivity index (χ2n) is 4.46. The van der Waals surface area contributed by atoms with E-state index >= 15 is 0 Å². The first-order chi connectivity index (χ1) is 10.2. The van der Waals surface area contributed by atoms with Crippen molar-refractivity contribution in [2.45, 2.75) is 12.8 Å². The number of phenolic OH excluding ortho intramolecular Hbond substituents is 2. The molecule has 22 heavy (non-hydrogen) atoms. The van der Waals surface area contributed by atoms with Crippen molar-refractivity contribution in [2.75, 3.05) is 0 Å². The third kappa shape index (κ3) is 3.48. The maximum atomic E-state index is 10.0. The van der Waals surface area contributed by atoms with Crippen molar-refractivity contribution < 1.29 is 10.2 Å². The minimum absolute atomic E-state index is 0.0869. The molecule has 0 aromatic heterocycles. The van der Waals surface area contributed by atoms with E-state index in [1.54, 1.807) is 0 Å². The number of rotatable bonds is 3. The Bertz CT molecular complexity index is 629. The molecule has 0 amide bonds. The smallest absolute Gasteiger partial charge is 0.138 e. The zero-order valence-electron chi connectivity index (χ0n) is 10.7. The van der Waals surface area contributed by atoms with Gasteiger partial charge < -0.3 is 10.2 Å². The molecule has 0 aliphatic carbocycles. The molecule has 0 aliphatic heterocycles. The predicted molar refractivity (Wildman–Crippen MR) is 93.7 cm³/mol. The van der Waals surface area contributed by atoms with Crippen molar-refractivity contribution in [3.05, 3.63) is 53.4 Å². The van der Waals surface area contributed by atoms with Crippen LogP contribution in [0.25, 0.3) is 0 Å². The third-order valence-electron chi connectivity index (χ3n) is 3.11. The zero-order chi connectivity index (χ0) is 16.6. The van der Waals surface area contributed by atoms with Crippen molar-refractivity contribution in [3.63, 3.8) is 0 Å². The van der Waals surface area contributed by atoms with Gasteiger partial charge in [-0.05, 0) is 25.0 Å². The molecule has 0 spiro atoms. The van der Waals surface area contributed by atoms with Gasteiger partial charge in [0.05, 0.1) is 30.1 Å². The Hall–Kier alpha value is -0.220. The number of aromatic hydroxyl groups is 2. The van der Waals surface area contributed by atoms with Gasteiger partial charge in [-0.15, -0.1) is 0 Å². The summed E-state index contributed by atoms with van der Waals surface area (Å²) in [6.45, 7) is 0. The third-order valence-corrected chi connectivity index (χ3v) is 5.33. The minimum atomic E-state index is -0.167. The van der Waals surface area contributed by atoms with Crippen LogP contribution in [-0.2, 0) is 12.8 Å². The molecule has 2 aromatic carbocycles. The summed E-state index contributed by atoms with van der Waals surface area (Å²) in [7, 11) is 0. The molecule has 0 saturated carbocycles. The molecular formula is C14H8Cl6O2. The van der Waals surface area contributed by atoms with Crippen LogP contribution in [0, 0.1) is 0 Å². The van der Waals surface area contributed by atoms with Gasteiger partial charge in [0, 0.05) is 11.1 Å². The molecule has 0 bridgehead atoms. The van der Waals surface area contributed by atoms with E-state index < -0.39 is 0 Å². The molecule has 0 atom stereocenters. The summed E-state index contributed by atoms with van der Waals surface area (Å²) in [5.41, 5.74) is 0.705. The van der Waals surface area contributed by atoms with Gasteiger partial charge in [0.15, 0.2) is 0 Å². The minimum Gasteiger partial charge on any atom is -0.506 e. The Labute approximate surface area is 157 Å². The lowest BCUT2D eigenvalue weighted by atomic mass is 10.0. The van der Waals surface area contributed by atoms with Crippen LogP contribution in [0.2, 0.25) is 30.1 Å². The van der Waals surface area contributed by atoms with Crippen molar-refractivity contribution in [2.24, 2.45) is 0 Å². The highest BCUT2D eigenvalue weighted by atomic mass is 35.5. The van der Waals surface area contributed by atoms with E-state index in [9.17, 15) is 10.2 Å². The molecular weight excluding hydrogens is 413 g/mol. The summed E-state index contributed by atoms with van der Waals surface area (Å²) in [5.74, 6) is -0.334. The lowest BCUT2D eigenvalue weighted by molar-refractivity contribution is 0.462. The van der Waals surface area contributed by atoms with Crippen molar-refractivity contribution >= 4 is 69.6 Å². The first-order valence-electron chi connectivity index (χ1n) is 5.94. The Morgan fingerprint density at radius 1 is 0.591 bits per heavy atom. The predicted octanol–water partition coefficient (Wildman–Crippen LogP) is 6.80. The SMILES string of the molecule is Oc1c(Cl)cc(Cl)c(Cl)c1CCc1c(O)c(Cl)cc(Cl)c1Cl. The number of phenols is 2. The van der Waals surface area contributed by atoms with Crippen LogP contribution >= 0.6 is 69.6 Å². The zero-order valence-corrected chi connectivity index (χ0v) is 15.3. The molecule has 0 unspecified atom stereocenters. The summed E-state index contributed by atoms with van der Waals surface area (Å²) < 4.78 is 0. The van der Waals surface area contributed by atoms with E-state index in [1.807, 2.05) is 0 Å². The molecule has 118 valence electrons. The van der Waals surface area contributed by atoms with Crippen LogP contribution in [-0.4, -0.2) is 10.2 Å². The van der Waals surface area contributed by atoms with Gasteiger partial charge in [-0.2, -0.15) is 0 Å². The molecule has 0 saturated heterocycles. The summed E-state index contributed by atoms with van der Waals surface area (Å²) in [5, 5.41) is 21.0. The van der Waals surface area contributed by atoms with Gasteiger partial charge in [-0.3, -0.25) is 0 Å². The largest absolute Gasteiger partial charge is 0.506 e. The summed E-state index contributed by atoms with van der Waals surface area (Å²) in [6.07, 6.45) is 0.462. The lowest BCUT2D eigenvalue weighted by Gasteiger charge is -2.13. The van der Waals surface area contributed by atoms with Crippen LogP contribution in [0.5, 0.6) is 11.5 Å². The topological polar surface area (TPSA) is 40.5 Å². The lowest BCUT2D eigenvalue weighted by Crippen LogP contribution is -1.97. The van der Waals surface area contributed by atoms with Crippen molar-refractivity contribution in [1.82, 2.24) is 0 Å². The number of hydrogen-bond acceptors (Lipinski definition) is 2. The van der Waals surface area contributed by atoms with E-state index in [4.69, 9.17) is 69.6 Å². The molecule has 2 rings (SSSR count). The second-order valence-corrected chi connectivity index (χ2v) is 6.85. The molecule has 0 aliphatic rings. The molecule has 2 nitrogen and oxygen atoms in total. The Morgan fingerprint density at radius 2 is 0.909 bits per heavy atom. The van der Waals surface area contributed by atoms with Crippen LogP contribution in [0.1, 0.15) is 11.1 Å². The standard InChI is InChI=1S/C14H8Cl6O2/c15-7-3-9(17)13(21)5(11(7)19)1-2-6-12(20)8(16)4-10(18)14(6)22/h3-4,21-22H,1-2H2. The average molecular weight is 421 g/mol. The van der Waals surface area contributed by atoms with Gasteiger partial charge in [0.25, 0.3) is 0 Å². The molecule has 0 fully saturated rings. The summed E-state index contributed by atoms with van der Waals surface area (Å²) in [4.78, 5) is 0. The molecule has 0 radical (unpaired) electrons. The monoisotopic (exact) mass is 418 g/mol. The summed E-state index contributed by atoms with van der Waals surface area (Å²) in [6, 6.07) is 2.70. The fraction of sp³-hybridized carbons (Fsp3) is 0.143.